The van der Waals surface area contributed by atoms with Gasteiger partial charge in [-0.15, -0.1) is 0 Å². The van der Waals surface area contributed by atoms with E-state index >= 15 is 0 Å². The number of nitrogens with zero attached hydrogens (tertiary/aromatic N) is 3. The standard InChI is InChI=1S/C18H25N3OS/c1-12-9-15(13(2)8-14(12)19-11-21(6)7)22-17-10-16(20-23-17)18(3,4)5/h8-11H,1-7H3. The fourth-order valence-electron chi connectivity index (χ4n) is 1.97. The minimum atomic E-state index is 0.0355. The van der Waals surface area contributed by atoms with Gasteiger partial charge in [-0.05, 0) is 37.1 Å². The van der Waals surface area contributed by atoms with Gasteiger partial charge in [0.1, 0.15) is 5.75 Å². The van der Waals surface area contributed by atoms with Crippen LogP contribution in [-0.4, -0.2) is 29.7 Å². The van der Waals surface area contributed by atoms with Crippen molar-refractivity contribution < 1.29 is 4.74 Å². The van der Waals surface area contributed by atoms with Gasteiger partial charge in [0.2, 0.25) is 0 Å². The first-order chi connectivity index (χ1) is 10.7. The first-order valence-corrected chi connectivity index (χ1v) is 8.41. The molecule has 1 aromatic carbocycles. The normalized spacial score (nSPS) is 12.0. The van der Waals surface area contributed by atoms with Crippen molar-refractivity contribution in [2.75, 3.05) is 14.1 Å². The number of aromatic nitrogens is 1. The van der Waals surface area contributed by atoms with Crippen LogP contribution in [0.1, 0.15) is 37.6 Å². The SMILES string of the molecule is Cc1cc(Oc2cc(C(C)(C)C)ns2)c(C)cc1N=CN(C)C. The summed E-state index contributed by atoms with van der Waals surface area (Å²) in [6.45, 7) is 10.5. The molecule has 4 nitrogen and oxygen atoms in total. The third-order valence-corrected chi connectivity index (χ3v) is 4.06. The highest BCUT2D eigenvalue weighted by Crippen LogP contribution is 2.35. The van der Waals surface area contributed by atoms with E-state index < -0.39 is 0 Å². The van der Waals surface area contributed by atoms with E-state index in [4.69, 9.17) is 4.74 Å². The molecule has 0 bridgehead atoms. The van der Waals surface area contributed by atoms with Crippen molar-refractivity contribution in [1.82, 2.24) is 9.27 Å². The Morgan fingerprint density at radius 3 is 2.39 bits per heavy atom. The first-order valence-electron chi connectivity index (χ1n) is 7.64. The van der Waals surface area contributed by atoms with Gasteiger partial charge in [-0.2, -0.15) is 4.37 Å². The van der Waals surface area contributed by atoms with Crippen LogP contribution in [0.15, 0.2) is 23.2 Å². The van der Waals surface area contributed by atoms with Gasteiger partial charge in [-0.1, -0.05) is 20.8 Å². The van der Waals surface area contributed by atoms with Crippen molar-refractivity contribution in [1.29, 1.82) is 0 Å². The largest absolute Gasteiger partial charge is 0.445 e. The number of ether oxygens (including phenoxy) is 1. The van der Waals surface area contributed by atoms with Crippen LogP contribution < -0.4 is 4.74 Å². The third kappa shape index (κ3) is 4.55. The Kier molecular flexibility index (Phi) is 5.09. The van der Waals surface area contributed by atoms with E-state index in [1.807, 2.05) is 45.0 Å². The summed E-state index contributed by atoms with van der Waals surface area (Å²) in [5.41, 5.74) is 4.20. The molecule has 5 heteroatoms. The van der Waals surface area contributed by atoms with Gasteiger partial charge < -0.3 is 9.64 Å². The molecular weight excluding hydrogens is 306 g/mol. The Bertz CT molecular complexity index is 712. The van der Waals surface area contributed by atoms with Crippen LogP contribution in [0.25, 0.3) is 0 Å². The van der Waals surface area contributed by atoms with Crippen molar-refractivity contribution in [3.05, 3.63) is 35.0 Å². The Labute approximate surface area is 143 Å². The highest BCUT2D eigenvalue weighted by Gasteiger charge is 2.18. The molecule has 0 saturated heterocycles. The molecule has 0 spiro atoms. The van der Waals surface area contributed by atoms with Crippen LogP contribution in [0, 0.1) is 13.8 Å². The molecule has 2 rings (SSSR count). The summed E-state index contributed by atoms with van der Waals surface area (Å²) in [4.78, 5) is 6.41. The van der Waals surface area contributed by atoms with E-state index in [0.717, 1.165) is 33.3 Å². The molecule has 23 heavy (non-hydrogen) atoms. The van der Waals surface area contributed by atoms with Crippen molar-refractivity contribution in [2.24, 2.45) is 4.99 Å². The molecule has 0 aliphatic heterocycles. The number of rotatable bonds is 4. The van der Waals surface area contributed by atoms with E-state index in [-0.39, 0.29) is 5.41 Å². The average molecular weight is 331 g/mol. The fourth-order valence-corrected chi connectivity index (χ4v) is 2.78. The van der Waals surface area contributed by atoms with Gasteiger partial charge in [0.15, 0.2) is 5.06 Å². The molecule has 0 amide bonds. The molecule has 0 fully saturated rings. The van der Waals surface area contributed by atoms with E-state index in [0.29, 0.717) is 0 Å². The second-order valence-corrected chi connectivity index (χ2v) is 7.76. The molecule has 0 radical (unpaired) electrons. The molecule has 0 aliphatic carbocycles. The van der Waals surface area contributed by atoms with Crippen LogP contribution in [0.5, 0.6) is 10.8 Å². The molecule has 0 unspecified atom stereocenters. The van der Waals surface area contributed by atoms with Crippen molar-refractivity contribution in [3.63, 3.8) is 0 Å². The maximum atomic E-state index is 6.04. The molecular formula is C18H25N3OS. The summed E-state index contributed by atoms with van der Waals surface area (Å²) < 4.78 is 10.5. The van der Waals surface area contributed by atoms with E-state index in [2.05, 4.69) is 36.2 Å². The maximum Gasteiger partial charge on any atom is 0.200 e. The quantitative estimate of drug-likeness (QED) is 0.580. The Morgan fingerprint density at radius 1 is 1.13 bits per heavy atom. The number of aryl methyl sites for hydroxylation is 2. The second-order valence-electron chi connectivity index (χ2n) is 7.00. The van der Waals surface area contributed by atoms with Gasteiger partial charge >= 0.3 is 0 Å². The number of hydrogen-bond acceptors (Lipinski definition) is 4. The molecule has 0 aliphatic rings. The topological polar surface area (TPSA) is 37.7 Å². The van der Waals surface area contributed by atoms with Crippen LogP contribution in [0.3, 0.4) is 0 Å². The maximum absolute atomic E-state index is 6.04. The monoisotopic (exact) mass is 331 g/mol. The Balaban J connectivity index is 2.24. The fraction of sp³-hybridized carbons (Fsp3) is 0.444. The molecule has 0 N–H and O–H groups in total. The molecule has 0 saturated carbocycles. The zero-order valence-electron chi connectivity index (χ0n) is 15.0. The lowest BCUT2D eigenvalue weighted by Gasteiger charge is -2.14. The number of hydrogen-bond donors (Lipinski definition) is 0. The van der Waals surface area contributed by atoms with Crippen LogP contribution in [0.4, 0.5) is 5.69 Å². The Morgan fingerprint density at radius 2 is 1.83 bits per heavy atom. The van der Waals surface area contributed by atoms with E-state index in [1.54, 1.807) is 6.34 Å². The van der Waals surface area contributed by atoms with Gasteiger partial charge in [-0.25, -0.2) is 4.99 Å². The molecule has 0 atom stereocenters. The number of benzene rings is 1. The smallest absolute Gasteiger partial charge is 0.200 e. The predicted molar refractivity (Wildman–Crippen MR) is 98.6 cm³/mol. The summed E-state index contributed by atoms with van der Waals surface area (Å²) in [5.74, 6) is 0.857. The molecule has 124 valence electrons. The summed E-state index contributed by atoms with van der Waals surface area (Å²) in [7, 11) is 3.92. The summed E-state index contributed by atoms with van der Waals surface area (Å²) in [6, 6.07) is 6.11. The van der Waals surface area contributed by atoms with E-state index in [9.17, 15) is 0 Å². The molecule has 2 aromatic rings. The Hall–Kier alpha value is -1.88. The minimum absolute atomic E-state index is 0.0355. The molecule has 1 heterocycles. The zero-order valence-corrected chi connectivity index (χ0v) is 15.8. The lowest BCUT2D eigenvalue weighted by atomic mass is 9.93. The van der Waals surface area contributed by atoms with Gasteiger partial charge in [0.25, 0.3) is 0 Å². The van der Waals surface area contributed by atoms with Gasteiger partial charge in [-0.3, -0.25) is 0 Å². The van der Waals surface area contributed by atoms with E-state index in [1.165, 1.54) is 11.5 Å². The van der Waals surface area contributed by atoms with Crippen molar-refractivity contribution >= 4 is 23.6 Å². The average Bonchev–Trinajstić information content (AvgIpc) is 2.89. The minimum Gasteiger partial charge on any atom is -0.445 e. The van der Waals surface area contributed by atoms with Crippen LogP contribution in [-0.2, 0) is 5.41 Å². The van der Waals surface area contributed by atoms with Gasteiger partial charge in [0.05, 0.1) is 17.7 Å². The van der Waals surface area contributed by atoms with Crippen molar-refractivity contribution in [3.8, 4) is 10.8 Å². The lowest BCUT2D eigenvalue weighted by molar-refractivity contribution is 0.489. The zero-order chi connectivity index (χ0) is 17.2. The van der Waals surface area contributed by atoms with Crippen molar-refractivity contribution in [2.45, 2.75) is 40.0 Å². The highest BCUT2D eigenvalue weighted by atomic mass is 32.1. The number of aliphatic imine (C=N–C) groups is 1. The van der Waals surface area contributed by atoms with Crippen LogP contribution >= 0.6 is 11.5 Å². The summed E-state index contributed by atoms with van der Waals surface area (Å²) in [5, 5.41) is 0.821. The molecule has 1 aromatic heterocycles. The predicted octanol–water partition coefficient (Wildman–Crippen LogP) is 5.07. The van der Waals surface area contributed by atoms with Gasteiger partial charge in [0, 0.05) is 37.1 Å². The lowest BCUT2D eigenvalue weighted by Crippen LogP contribution is -2.10. The highest BCUT2D eigenvalue weighted by molar-refractivity contribution is 7.07. The first kappa shape index (κ1) is 17.5. The third-order valence-electron chi connectivity index (χ3n) is 3.39. The summed E-state index contributed by atoms with van der Waals surface area (Å²) >= 11 is 1.40. The second kappa shape index (κ2) is 6.71. The summed E-state index contributed by atoms with van der Waals surface area (Å²) in [6.07, 6.45) is 1.81. The van der Waals surface area contributed by atoms with Crippen LogP contribution in [0.2, 0.25) is 0 Å².